The van der Waals surface area contributed by atoms with Crippen LogP contribution in [0.5, 0.6) is 0 Å². The highest BCUT2D eigenvalue weighted by Crippen LogP contribution is 2.31. The number of anilines is 3. The zero-order chi connectivity index (χ0) is 29.6. The minimum Gasteiger partial charge on any atom is -0.459 e. The summed E-state index contributed by atoms with van der Waals surface area (Å²) in [7, 11) is -0.258. The van der Waals surface area contributed by atoms with Crippen molar-refractivity contribution < 1.29 is 27.1 Å². The van der Waals surface area contributed by atoms with Crippen molar-refractivity contribution in [3.05, 3.63) is 36.6 Å². The second-order valence-corrected chi connectivity index (χ2v) is 13.0. The number of furan rings is 1. The summed E-state index contributed by atoms with van der Waals surface area (Å²) >= 11 is 0. The maximum atomic E-state index is 12.5. The van der Waals surface area contributed by atoms with Gasteiger partial charge in [0.1, 0.15) is 11.1 Å². The van der Waals surface area contributed by atoms with Gasteiger partial charge in [-0.1, -0.05) is 0 Å². The van der Waals surface area contributed by atoms with Crippen molar-refractivity contribution >= 4 is 44.7 Å². The first-order valence-electron chi connectivity index (χ1n) is 13.7. The SMILES string of the molecule is COCCCNS(=O)(=O)c1ccc(Nc2nc(N3CCC(CN(C)C(=O)OC(C)(C)C)CC3)c3occc3n2)cc1. The summed E-state index contributed by atoms with van der Waals surface area (Å²) in [5.41, 5.74) is 1.41. The van der Waals surface area contributed by atoms with Gasteiger partial charge in [0.2, 0.25) is 16.0 Å². The Morgan fingerprint density at radius 1 is 1.15 bits per heavy atom. The van der Waals surface area contributed by atoms with Crippen LogP contribution in [-0.4, -0.2) is 81.9 Å². The molecular formula is C28H40N6O6S. The number of amides is 1. The quantitative estimate of drug-likeness (QED) is 0.311. The number of benzene rings is 1. The Balaban J connectivity index is 1.40. The van der Waals surface area contributed by atoms with Crippen molar-refractivity contribution in [1.29, 1.82) is 0 Å². The lowest BCUT2D eigenvalue weighted by atomic mass is 9.96. The van der Waals surface area contributed by atoms with E-state index in [1.54, 1.807) is 43.5 Å². The summed E-state index contributed by atoms with van der Waals surface area (Å²) in [5, 5.41) is 3.19. The lowest BCUT2D eigenvalue weighted by Crippen LogP contribution is -2.41. The third-order valence-corrected chi connectivity index (χ3v) is 8.15. The normalized spacial score (nSPS) is 14.8. The summed E-state index contributed by atoms with van der Waals surface area (Å²) in [6.07, 6.45) is 3.64. The fraction of sp³-hybridized carbons (Fsp3) is 0.536. The van der Waals surface area contributed by atoms with Crippen molar-refractivity contribution in [2.75, 3.05) is 57.2 Å². The summed E-state index contributed by atoms with van der Waals surface area (Å²) in [4.78, 5) is 25.7. The number of nitrogens with one attached hydrogen (secondary N) is 2. The van der Waals surface area contributed by atoms with Crippen LogP contribution in [0, 0.1) is 5.92 Å². The number of aromatic nitrogens is 2. The fourth-order valence-electron chi connectivity index (χ4n) is 4.60. The van der Waals surface area contributed by atoms with Crippen molar-refractivity contribution in [2.45, 2.75) is 50.5 Å². The van der Waals surface area contributed by atoms with Gasteiger partial charge in [0, 0.05) is 58.7 Å². The van der Waals surface area contributed by atoms with Gasteiger partial charge in [-0.3, -0.25) is 0 Å². The van der Waals surface area contributed by atoms with Gasteiger partial charge < -0.3 is 29.0 Å². The largest absolute Gasteiger partial charge is 0.459 e. The summed E-state index contributed by atoms with van der Waals surface area (Å²) < 4.78 is 43.8. The fourth-order valence-corrected chi connectivity index (χ4v) is 5.67. The first-order valence-corrected chi connectivity index (χ1v) is 15.2. The number of rotatable bonds is 11. The summed E-state index contributed by atoms with van der Waals surface area (Å²) in [6, 6.07) is 8.23. The van der Waals surface area contributed by atoms with E-state index in [9.17, 15) is 13.2 Å². The van der Waals surface area contributed by atoms with Gasteiger partial charge in [-0.05, 0) is 70.2 Å². The molecule has 2 aromatic heterocycles. The van der Waals surface area contributed by atoms with Crippen LogP contribution in [-0.2, 0) is 19.5 Å². The van der Waals surface area contributed by atoms with E-state index in [2.05, 4.69) is 19.9 Å². The molecule has 0 radical (unpaired) electrons. The molecule has 224 valence electrons. The van der Waals surface area contributed by atoms with E-state index in [1.807, 2.05) is 20.8 Å². The molecule has 0 spiro atoms. The second kappa shape index (κ2) is 13.0. The summed E-state index contributed by atoms with van der Waals surface area (Å²) in [5.74, 6) is 1.43. The maximum absolute atomic E-state index is 12.5. The molecule has 1 fully saturated rings. The Labute approximate surface area is 241 Å². The molecule has 1 aliphatic rings. The molecule has 4 rings (SSSR count). The van der Waals surface area contributed by atoms with Gasteiger partial charge >= 0.3 is 6.09 Å². The standard InChI is InChI=1S/C28H40N6O6S/c1-28(2,3)40-27(35)33(4)19-20-11-15-34(16-12-20)25-24-23(13-18-39-24)31-26(32-25)30-21-7-9-22(10-8-21)41(36,37)29-14-6-17-38-5/h7-10,13,18,20,29H,6,11-12,14-17,19H2,1-5H3,(H,30,31,32). The minimum absolute atomic E-state index is 0.174. The van der Waals surface area contributed by atoms with E-state index in [0.29, 0.717) is 60.6 Å². The van der Waals surface area contributed by atoms with Crippen LogP contribution in [0.25, 0.3) is 11.1 Å². The topological polar surface area (TPSA) is 139 Å². The van der Waals surface area contributed by atoms with E-state index in [0.717, 1.165) is 25.9 Å². The Bertz CT molecular complexity index is 1410. The van der Waals surface area contributed by atoms with Gasteiger partial charge in [-0.2, -0.15) is 4.98 Å². The number of piperidine rings is 1. The van der Waals surface area contributed by atoms with Crippen LogP contribution in [0.1, 0.15) is 40.0 Å². The molecule has 3 aromatic rings. The molecular weight excluding hydrogens is 548 g/mol. The number of hydrogen-bond acceptors (Lipinski definition) is 10. The van der Waals surface area contributed by atoms with E-state index in [4.69, 9.17) is 18.9 Å². The van der Waals surface area contributed by atoms with E-state index < -0.39 is 15.6 Å². The van der Waals surface area contributed by atoms with Gasteiger partial charge in [0.05, 0.1) is 11.2 Å². The van der Waals surface area contributed by atoms with E-state index in [-0.39, 0.29) is 11.0 Å². The number of sulfonamides is 1. The number of carbonyl (C=O) groups is 1. The Morgan fingerprint density at radius 2 is 1.85 bits per heavy atom. The van der Waals surface area contributed by atoms with Crippen molar-refractivity contribution in [3.63, 3.8) is 0 Å². The smallest absolute Gasteiger partial charge is 0.410 e. The zero-order valence-corrected chi connectivity index (χ0v) is 25.2. The third-order valence-electron chi connectivity index (χ3n) is 6.68. The number of hydrogen-bond donors (Lipinski definition) is 2. The molecule has 1 aliphatic heterocycles. The van der Waals surface area contributed by atoms with Crippen LogP contribution in [0.3, 0.4) is 0 Å². The van der Waals surface area contributed by atoms with Gasteiger partial charge in [-0.25, -0.2) is 22.9 Å². The molecule has 2 N–H and O–H groups in total. The predicted molar refractivity (Wildman–Crippen MR) is 157 cm³/mol. The van der Waals surface area contributed by atoms with Crippen LogP contribution in [0.4, 0.5) is 22.2 Å². The molecule has 0 atom stereocenters. The predicted octanol–water partition coefficient (Wildman–Crippen LogP) is 4.36. The third kappa shape index (κ3) is 8.30. The highest BCUT2D eigenvalue weighted by molar-refractivity contribution is 7.89. The van der Waals surface area contributed by atoms with E-state index in [1.165, 1.54) is 12.1 Å². The molecule has 0 unspecified atom stereocenters. The molecule has 1 saturated heterocycles. The second-order valence-electron chi connectivity index (χ2n) is 11.2. The number of nitrogens with zero attached hydrogens (tertiary/aromatic N) is 4. The highest BCUT2D eigenvalue weighted by Gasteiger charge is 2.27. The molecule has 12 nitrogen and oxygen atoms in total. The maximum Gasteiger partial charge on any atom is 0.410 e. The Morgan fingerprint density at radius 3 is 2.51 bits per heavy atom. The number of methoxy groups -OCH3 is 1. The van der Waals surface area contributed by atoms with Crippen molar-refractivity contribution in [3.8, 4) is 0 Å². The van der Waals surface area contributed by atoms with Gasteiger partial charge in [-0.15, -0.1) is 0 Å². The number of fused-ring (bicyclic) bond motifs is 1. The van der Waals surface area contributed by atoms with Gasteiger partial charge in [0.25, 0.3) is 0 Å². The molecule has 0 bridgehead atoms. The average Bonchev–Trinajstić information content (AvgIpc) is 3.39. The average molecular weight is 589 g/mol. The molecule has 41 heavy (non-hydrogen) atoms. The van der Waals surface area contributed by atoms with Crippen LogP contribution >= 0.6 is 0 Å². The van der Waals surface area contributed by atoms with E-state index >= 15 is 0 Å². The lowest BCUT2D eigenvalue weighted by Gasteiger charge is -2.34. The highest BCUT2D eigenvalue weighted by atomic mass is 32.2. The Hall–Kier alpha value is -3.42. The van der Waals surface area contributed by atoms with Gasteiger partial charge in [0.15, 0.2) is 11.4 Å². The van der Waals surface area contributed by atoms with Crippen LogP contribution in [0.15, 0.2) is 45.9 Å². The van der Waals surface area contributed by atoms with Crippen molar-refractivity contribution in [2.24, 2.45) is 5.92 Å². The first-order chi connectivity index (χ1) is 19.4. The minimum atomic E-state index is -3.61. The lowest BCUT2D eigenvalue weighted by molar-refractivity contribution is 0.0266. The Kier molecular flexibility index (Phi) is 9.72. The molecule has 0 saturated carbocycles. The summed E-state index contributed by atoms with van der Waals surface area (Å²) in [6.45, 7) is 8.51. The molecule has 1 aromatic carbocycles. The first kappa shape index (κ1) is 30.5. The molecule has 1 amide bonds. The number of ether oxygens (including phenoxy) is 2. The molecule has 3 heterocycles. The number of carbonyl (C=O) groups excluding carboxylic acids is 1. The molecule has 0 aliphatic carbocycles. The van der Waals surface area contributed by atoms with Crippen LogP contribution in [0.2, 0.25) is 0 Å². The zero-order valence-electron chi connectivity index (χ0n) is 24.3. The monoisotopic (exact) mass is 588 g/mol. The van der Waals surface area contributed by atoms with Crippen LogP contribution < -0.4 is 14.9 Å². The molecule has 13 heteroatoms. The van der Waals surface area contributed by atoms with Crippen molar-refractivity contribution in [1.82, 2.24) is 19.6 Å².